The molecule has 0 spiro atoms. The van der Waals surface area contributed by atoms with E-state index < -0.39 is 0 Å². The zero-order valence-corrected chi connectivity index (χ0v) is 19.0. The van der Waals surface area contributed by atoms with E-state index >= 15 is 0 Å². The first-order valence-electron chi connectivity index (χ1n) is 10.0. The third kappa shape index (κ3) is 7.98. The van der Waals surface area contributed by atoms with Crippen LogP contribution in [0.5, 0.6) is 0 Å². The van der Waals surface area contributed by atoms with Gasteiger partial charge >= 0.3 is 0 Å². The molecule has 0 aromatic carbocycles. The molecule has 1 unspecified atom stereocenters. The van der Waals surface area contributed by atoms with Crippen molar-refractivity contribution in [3.63, 3.8) is 0 Å². The second-order valence-electron chi connectivity index (χ2n) is 7.22. The number of likely N-dealkylation sites (tertiary alicyclic amines) is 1. The molecule has 1 amide bonds. The van der Waals surface area contributed by atoms with Gasteiger partial charge in [0.05, 0.1) is 6.61 Å². The number of likely N-dealkylation sites (N-methyl/N-ethyl adjacent to an activating group) is 1. The average Bonchev–Trinajstić information content (AvgIpc) is 3.34. The smallest absolute Gasteiger partial charge is 0.222 e. The Hall–Kier alpha value is -0.570. The molecule has 0 aromatic rings. The number of ether oxygens (including phenoxy) is 1. The molecule has 2 rings (SSSR count). The molecule has 1 saturated heterocycles. The lowest BCUT2D eigenvalue weighted by molar-refractivity contribution is -0.129. The maximum absolute atomic E-state index is 11.9. The van der Waals surface area contributed by atoms with Gasteiger partial charge in [-0.1, -0.05) is 6.92 Å². The quantitative estimate of drug-likeness (QED) is 0.214. The highest BCUT2D eigenvalue weighted by Crippen LogP contribution is 2.28. The molecule has 7 heteroatoms. The van der Waals surface area contributed by atoms with Gasteiger partial charge in [0.15, 0.2) is 5.96 Å². The van der Waals surface area contributed by atoms with E-state index in [4.69, 9.17) is 9.73 Å². The molecule has 1 heterocycles. The van der Waals surface area contributed by atoms with Crippen molar-refractivity contribution < 1.29 is 9.53 Å². The first-order valence-corrected chi connectivity index (χ1v) is 10.0. The van der Waals surface area contributed by atoms with Gasteiger partial charge in [-0.3, -0.25) is 9.79 Å². The highest BCUT2D eigenvalue weighted by molar-refractivity contribution is 14.0. The summed E-state index contributed by atoms with van der Waals surface area (Å²) in [6.45, 7) is 9.27. The minimum atomic E-state index is 0. The van der Waals surface area contributed by atoms with Crippen molar-refractivity contribution in [2.24, 2.45) is 10.9 Å². The van der Waals surface area contributed by atoms with E-state index in [1.54, 1.807) is 0 Å². The van der Waals surface area contributed by atoms with E-state index in [0.717, 1.165) is 70.5 Å². The molecule has 0 aromatic heterocycles. The van der Waals surface area contributed by atoms with Gasteiger partial charge in [-0.2, -0.15) is 0 Å². The fraction of sp³-hybridized carbons (Fsp3) is 0.895. The summed E-state index contributed by atoms with van der Waals surface area (Å²) in [7, 11) is 2.06. The second kappa shape index (κ2) is 12.8. The van der Waals surface area contributed by atoms with Crippen LogP contribution in [-0.2, 0) is 9.53 Å². The maximum atomic E-state index is 11.9. The largest absolute Gasteiger partial charge is 0.379 e. The Bertz CT molecular complexity index is 443. The number of rotatable bonds is 11. The number of hydrogen-bond donors (Lipinski definition) is 1. The Morgan fingerprint density at radius 3 is 2.77 bits per heavy atom. The number of guanidine groups is 1. The van der Waals surface area contributed by atoms with E-state index in [-0.39, 0.29) is 24.0 Å². The molecular weight excluding hydrogens is 443 g/mol. The van der Waals surface area contributed by atoms with Gasteiger partial charge in [-0.15, -0.1) is 24.0 Å². The number of carbonyl (C=O) groups excluding carboxylic acids is 1. The minimum absolute atomic E-state index is 0. The number of nitrogens with one attached hydrogen (secondary N) is 1. The van der Waals surface area contributed by atoms with E-state index in [1.165, 1.54) is 12.8 Å². The zero-order chi connectivity index (χ0) is 18.1. The molecule has 0 radical (unpaired) electrons. The molecule has 0 bridgehead atoms. The van der Waals surface area contributed by atoms with Gasteiger partial charge in [0, 0.05) is 52.3 Å². The number of carbonyl (C=O) groups is 1. The van der Waals surface area contributed by atoms with Crippen molar-refractivity contribution in [3.8, 4) is 0 Å². The van der Waals surface area contributed by atoms with Gasteiger partial charge in [-0.05, 0) is 44.9 Å². The number of amides is 1. The van der Waals surface area contributed by atoms with Gasteiger partial charge < -0.3 is 19.9 Å². The summed E-state index contributed by atoms with van der Waals surface area (Å²) in [5.41, 5.74) is 0. The maximum Gasteiger partial charge on any atom is 0.222 e. The first kappa shape index (κ1) is 23.5. The highest BCUT2D eigenvalue weighted by atomic mass is 127. The van der Waals surface area contributed by atoms with Gasteiger partial charge in [0.25, 0.3) is 0 Å². The molecule has 1 aliphatic carbocycles. The van der Waals surface area contributed by atoms with Crippen LogP contribution >= 0.6 is 24.0 Å². The van der Waals surface area contributed by atoms with Gasteiger partial charge in [0.2, 0.25) is 5.91 Å². The molecule has 1 aliphatic heterocycles. The number of halogens is 1. The minimum Gasteiger partial charge on any atom is -0.379 e. The Morgan fingerprint density at radius 2 is 2.19 bits per heavy atom. The molecule has 1 N–H and O–H groups in total. The zero-order valence-electron chi connectivity index (χ0n) is 16.7. The van der Waals surface area contributed by atoms with Crippen LogP contribution in [0.3, 0.4) is 0 Å². The Balaban J connectivity index is 0.00000338. The van der Waals surface area contributed by atoms with Crippen LogP contribution in [0, 0.1) is 5.92 Å². The summed E-state index contributed by atoms with van der Waals surface area (Å²) < 4.78 is 5.73. The lowest BCUT2D eigenvalue weighted by Gasteiger charge is -2.27. The lowest BCUT2D eigenvalue weighted by Crippen LogP contribution is -2.41. The van der Waals surface area contributed by atoms with Crippen LogP contribution in [-0.4, -0.2) is 74.1 Å². The molecule has 1 saturated carbocycles. The standard InChI is InChI=1S/C19H36N4O2.HI/c1-4-17(23-12-6-7-18(23)24)10-11-21-19(20-5-2)22(3)13-14-25-15-16-8-9-16;/h16-17H,4-15H2,1-3H3,(H,20,21);1H. The summed E-state index contributed by atoms with van der Waals surface area (Å²) in [5, 5.41) is 3.35. The van der Waals surface area contributed by atoms with Crippen LogP contribution in [0.1, 0.15) is 52.4 Å². The second-order valence-corrected chi connectivity index (χ2v) is 7.22. The fourth-order valence-electron chi connectivity index (χ4n) is 3.27. The third-order valence-corrected chi connectivity index (χ3v) is 5.06. The van der Waals surface area contributed by atoms with E-state index in [1.807, 2.05) is 0 Å². The summed E-state index contributed by atoms with van der Waals surface area (Å²) in [5.74, 6) is 2.05. The Labute approximate surface area is 176 Å². The van der Waals surface area contributed by atoms with Crippen LogP contribution in [0.15, 0.2) is 4.99 Å². The van der Waals surface area contributed by atoms with E-state index in [2.05, 4.69) is 36.0 Å². The fourth-order valence-corrected chi connectivity index (χ4v) is 3.27. The van der Waals surface area contributed by atoms with Crippen molar-refractivity contribution in [1.29, 1.82) is 0 Å². The average molecular weight is 480 g/mol. The van der Waals surface area contributed by atoms with Gasteiger partial charge in [-0.25, -0.2) is 0 Å². The molecule has 1 atom stereocenters. The molecule has 152 valence electrons. The van der Waals surface area contributed by atoms with Crippen molar-refractivity contribution in [2.45, 2.75) is 58.4 Å². The third-order valence-electron chi connectivity index (χ3n) is 5.06. The first-order chi connectivity index (χ1) is 12.2. The monoisotopic (exact) mass is 480 g/mol. The van der Waals surface area contributed by atoms with Crippen LogP contribution in [0.25, 0.3) is 0 Å². The summed E-state index contributed by atoms with van der Waals surface area (Å²) in [4.78, 5) is 20.9. The van der Waals surface area contributed by atoms with E-state index in [0.29, 0.717) is 18.4 Å². The van der Waals surface area contributed by atoms with Crippen LogP contribution < -0.4 is 5.32 Å². The Morgan fingerprint density at radius 1 is 1.42 bits per heavy atom. The molecule has 6 nitrogen and oxygen atoms in total. The topological polar surface area (TPSA) is 57.2 Å². The molecule has 2 aliphatic rings. The van der Waals surface area contributed by atoms with Crippen molar-refractivity contribution in [1.82, 2.24) is 15.1 Å². The predicted octanol–water partition coefficient (Wildman–Crippen LogP) is 2.72. The highest BCUT2D eigenvalue weighted by Gasteiger charge is 2.26. The molecule has 26 heavy (non-hydrogen) atoms. The summed E-state index contributed by atoms with van der Waals surface area (Å²) >= 11 is 0. The summed E-state index contributed by atoms with van der Waals surface area (Å²) in [6.07, 6.45) is 6.32. The number of aliphatic imine (C=N–C) groups is 1. The van der Waals surface area contributed by atoms with E-state index in [9.17, 15) is 4.79 Å². The van der Waals surface area contributed by atoms with Crippen molar-refractivity contribution in [3.05, 3.63) is 0 Å². The summed E-state index contributed by atoms with van der Waals surface area (Å²) in [6, 6.07) is 0.328. The lowest BCUT2D eigenvalue weighted by atomic mass is 10.1. The normalized spacial score (nSPS) is 18.7. The predicted molar refractivity (Wildman–Crippen MR) is 117 cm³/mol. The van der Waals surface area contributed by atoms with Crippen LogP contribution in [0.2, 0.25) is 0 Å². The molecule has 2 fully saturated rings. The number of hydrogen-bond acceptors (Lipinski definition) is 3. The van der Waals surface area contributed by atoms with Crippen molar-refractivity contribution in [2.75, 3.05) is 46.4 Å². The van der Waals surface area contributed by atoms with Gasteiger partial charge in [0.1, 0.15) is 0 Å². The number of nitrogens with zero attached hydrogens (tertiary/aromatic N) is 3. The molecular formula is C19H37IN4O2. The van der Waals surface area contributed by atoms with Crippen molar-refractivity contribution >= 4 is 35.8 Å². The van der Waals surface area contributed by atoms with Crippen LogP contribution in [0.4, 0.5) is 0 Å². The Kier molecular flexibility index (Phi) is 11.5. The SMILES string of the molecule is CCNC(=NCCC(CC)N1CCCC1=O)N(C)CCOCC1CC1.I.